The maximum atomic E-state index is 9.83. The highest BCUT2D eigenvalue weighted by Crippen LogP contribution is 1.57. The smallest absolute Gasteiger partial charge is 0.272 e. The van der Waals surface area contributed by atoms with Crippen molar-refractivity contribution in [3.05, 3.63) is 10.1 Å². The molecular weight excluding hydrogens is 116 g/mol. The van der Waals surface area contributed by atoms with E-state index in [9.17, 15) is 14.9 Å². The van der Waals surface area contributed by atoms with Crippen molar-refractivity contribution < 1.29 is 9.83 Å². The van der Waals surface area contributed by atoms with Gasteiger partial charge < -0.3 is 0 Å². The van der Waals surface area contributed by atoms with Gasteiger partial charge in [-0.25, -0.2) is 20.8 Å². The van der Waals surface area contributed by atoms with Crippen molar-refractivity contribution in [1.82, 2.24) is 10.9 Å². The molecule has 0 saturated heterocycles. The van der Waals surface area contributed by atoms with E-state index in [1.807, 2.05) is 0 Å². The summed E-state index contributed by atoms with van der Waals surface area (Å²) in [6.45, 7) is 0. The van der Waals surface area contributed by atoms with Gasteiger partial charge in [-0.1, -0.05) is 0 Å². The van der Waals surface area contributed by atoms with Crippen LogP contribution in [0.1, 0.15) is 0 Å². The molecule has 0 heterocycles. The van der Waals surface area contributed by atoms with Gasteiger partial charge in [0.2, 0.25) is 0 Å². The molecule has 0 aliphatic heterocycles. The molecule has 0 unspecified atom stereocenters. The van der Waals surface area contributed by atoms with E-state index in [4.69, 9.17) is 0 Å². The first-order chi connectivity index (χ1) is 3.66. The molecule has 0 spiro atoms. The van der Waals surface area contributed by atoms with Crippen molar-refractivity contribution >= 4 is 6.03 Å². The van der Waals surface area contributed by atoms with Gasteiger partial charge in [-0.3, -0.25) is 5.43 Å². The Morgan fingerprint density at radius 3 is 2.38 bits per heavy atom. The molecule has 0 fully saturated rings. The first-order valence-corrected chi connectivity index (χ1v) is 1.58. The number of hydrazine groups is 2. The Morgan fingerprint density at radius 2 is 2.25 bits per heavy atom. The third-order valence-electron chi connectivity index (χ3n) is 0.324. The SMILES string of the molecule is NNC(=O)N[N+](=O)[O-]. The third-order valence-corrected chi connectivity index (χ3v) is 0.324. The summed E-state index contributed by atoms with van der Waals surface area (Å²) >= 11 is 0. The fraction of sp³-hybridized carbons (Fsp3) is 0. The Morgan fingerprint density at radius 1 is 1.75 bits per heavy atom. The van der Waals surface area contributed by atoms with Crippen LogP contribution in [0.25, 0.3) is 0 Å². The van der Waals surface area contributed by atoms with E-state index in [1.54, 1.807) is 0 Å². The van der Waals surface area contributed by atoms with Crippen LogP contribution in [-0.4, -0.2) is 11.1 Å². The van der Waals surface area contributed by atoms with Crippen LogP contribution in [0.2, 0.25) is 0 Å². The minimum absolute atomic E-state index is 1.01. The number of urea groups is 1. The van der Waals surface area contributed by atoms with Gasteiger partial charge in [0.25, 0.3) is 0 Å². The van der Waals surface area contributed by atoms with Crippen LogP contribution in [0.5, 0.6) is 0 Å². The third kappa shape index (κ3) is 2.85. The van der Waals surface area contributed by atoms with E-state index in [0.29, 0.717) is 0 Å². The molecule has 0 aromatic carbocycles. The second-order valence-corrected chi connectivity index (χ2v) is 0.842. The van der Waals surface area contributed by atoms with E-state index in [0.717, 1.165) is 0 Å². The van der Waals surface area contributed by atoms with Crippen LogP contribution in [0, 0.1) is 10.1 Å². The molecule has 0 atom stereocenters. The van der Waals surface area contributed by atoms with Crippen molar-refractivity contribution in [2.75, 3.05) is 0 Å². The highest BCUT2D eigenvalue weighted by Gasteiger charge is 2.00. The first kappa shape index (κ1) is 6.63. The normalized spacial score (nSPS) is 7.62. The van der Waals surface area contributed by atoms with Gasteiger partial charge in [-0.05, 0) is 5.43 Å². The highest BCUT2D eigenvalue weighted by molar-refractivity contribution is 5.71. The second-order valence-electron chi connectivity index (χ2n) is 0.842. The Hall–Kier alpha value is -1.37. The maximum absolute atomic E-state index is 9.83. The number of nitro groups is 1. The number of nitrogens with one attached hydrogen (secondary N) is 2. The maximum Gasteiger partial charge on any atom is 0.386 e. The highest BCUT2D eigenvalue weighted by atomic mass is 16.7. The van der Waals surface area contributed by atoms with Crippen molar-refractivity contribution in [3.8, 4) is 0 Å². The van der Waals surface area contributed by atoms with E-state index >= 15 is 0 Å². The molecule has 0 saturated carbocycles. The fourth-order valence-electron chi connectivity index (χ4n) is 0.115. The van der Waals surface area contributed by atoms with Crippen LogP contribution >= 0.6 is 0 Å². The van der Waals surface area contributed by atoms with Crippen molar-refractivity contribution in [1.29, 1.82) is 0 Å². The van der Waals surface area contributed by atoms with E-state index in [1.165, 1.54) is 10.9 Å². The molecule has 0 bridgehead atoms. The van der Waals surface area contributed by atoms with Gasteiger partial charge in [0.05, 0.1) is 0 Å². The van der Waals surface area contributed by atoms with Crippen molar-refractivity contribution in [2.45, 2.75) is 0 Å². The molecule has 46 valence electrons. The topological polar surface area (TPSA) is 110 Å². The van der Waals surface area contributed by atoms with Crippen molar-refractivity contribution in [2.24, 2.45) is 5.84 Å². The minimum atomic E-state index is -1.05. The van der Waals surface area contributed by atoms with Gasteiger partial charge in [0.1, 0.15) is 0 Å². The van der Waals surface area contributed by atoms with Gasteiger partial charge in [0, 0.05) is 0 Å². The molecule has 0 rings (SSSR count). The lowest BCUT2D eigenvalue weighted by Crippen LogP contribution is -2.42. The lowest BCUT2D eigenvalue weighted by Gasteiger charge is -1.90. The summed E-state index contributed by atoms with van der Waals surface area (Å²) in [4.78, 5) is 19.2. The first-order valence-electron chi connectivity index (χ1n) is 1.58. The van der Waals surface area contributed by atoms with E-state index < -0.39 is 11.1 Å². The molecular formula is CH4N4O3. The summed E-state index contributed by atoms with van der Waals surface area (Å²) in [6.07, 6.45) is 0. The van der Waals surface area contributed by atoms with Crippen LogP contribution < -0.4 is 16.7 Å². The predicted octanol–water partition coefficient (Wildman–Crippen LogP) is -1.65. The van der Waals surface area contributed by atoms with E-state index in [-0.39, 0.29) is 0 Å². The number of nitrogens with zero attached hydrogens (tertiary/aromatic N) is 1. The van der Waals surface area contributed by atoms with Gasteiger partial charge in [-0.2, -0.15) is 0 Å². The summed E-state index contributed by atoms with van der Waals surface area (Å²) in [5.74, 6) is 4.45. The summed E-state index contributed by atoms with van der Waals surface area (Å²) in [5, 5.41) is 8.33. The number of hydrogen-bond acceptors (Lipinski definition) is 4. The Labute approximate surface area is 43.9 Å². The summed E-state index contributed by atoms with van der Waals surface area (Å²) in [5.41, 5.74) is 2.74. The standard InChI is InChI=1S/CH4N4O3/c2-3-1(6)4-5(7)8/h2H2,(H2,3,4,6). The molecule has 7 nitrogen and oxygen atoms in total. The quantitative estimate of drug-likeness (QED) is 0.166. The molecule has 0 radical (unpaired) electrons. The lowest BCUT2D eigenvalue weighted by molar-refractivity contribution is -0.527. The number of carbonyl (C=O) groups is 1. The largest absolute Gasteiger partial charge is 0.386 e. The average Bonchev–Trinajstić information content (AvgIpc) is 1.65. The lowest BCUT2D eigenvalue weighted by atomic mass is 11.1. The van der Waals surface area contributed by atoms with Crippen LogP contribution in [0.4, 0.5) is 4.79 Å². The minimum Gasteiger partial charge on any atom is -0.272 e. The van der Waals surface area contributed by atoms with Crippen molar-refractivity contribution in [3.63, 3.8) is 0 Å². The van der Waals surface area contributed by atoms with Gasteiger partial charge >= 0.3 is 6.03 Å². The molecule has 7 heteroatoms. The molecule has 4 N–H and O–H groups in total. The fourth-order valence-corrected chi connectivity index (χ4v) is 0.115. The second kappa shape index (κ2) is 2.75. The van der Waals surface area contributed by atoms with Crippen LogP contribution in [-0.2, 0) is 0 Å². The molecule has 8 heavy (non-hydrogen) atoms. The monoisotopic (exact) mass is 120 g/mol. The molecule has 0 aromatic rings. The number of carbonyl (C=O) groups excluding carboxylic acids is 1. The average molecular weight is 120 g/mol. The Balaban J connectivity index is 3.40. The Kier molecular flexibility index (Phi) is 2.28. The molecule has 0 aromatic heterocycles. The summed E-state index contributed by atoms with van der Waals surface area (Å²) < 4.78 is 0. The molecule has 0 aliphatic carbocycles. The Bertz CT molecular complexity index is 110. The number of nitrogens with two attached hydrogens (primary N) is 1. The zero-order valence-electron chi connectivity index (χ0n) is 3.75. The van der Waals surface area contributed by atoms with Crippen LogP contribution in [0.3, 0.4) is 0 Å². The van der Waals surface area contributed by atoms with Crippen LogP contribution in [0.15, 0.2) is 0 Å². The van der Waals surface area contributed by atoms with Gasteiger partial charge in [-0.15, -0.1) is 0 Å². The summed E-state index contributed by atoms with van der Waals surface area (Å²) in [6, 6.07) is -1.05. The molecule has 0 aliphatic rings. The number of amides is 2. The van der Waals surface area contributed by atoms with Gasteiger partial charge in [0.15, 0.2) is 5.03 Å². The number of rotatable bonds is 1. The predicted molar refractivity (Wildman–Crippen MR) is 22.8 cm³/mol. The molecule has 2 amide bonds. The van der Waals surface area contributed by atoms with E-state index in [2.05, 4.69) is 5.84 Å². The zero-order chi connectivity index (χ0) is 6.57. The number of hydrogen-bond donors (Lipinski definition) is 3. The summed E-state index contributed by atoms with van der Waals surface area (Å²) in [7, 11) is 0. The zero-order valence-corrected chi connectivity index (χ0v) is 3.75.